The Morgan fingerprint density at radius 2 is 1.77 bits per heavy atom. The van der Waals surface area contributed by atoms with Gasteiger partial charge in [-0.05, 0) is 50.5 Å². The van der Waals surface area contributed by atoms with Crippen LogP contribution >= 0.6 is 0 Å². The molecule has 0 bridgehead atoms. The van der Waals surface area contributed by atoms with Crippen LogP contribution in [0.3, 0.4) is 0 Å². The number of benzene rings is 1. The molecule has 2 fully saturated rings. The molecular weight excluding hydrogens is 368 g/mol. The number of Topliss-reactive ketones (excluding diaryl/α,β-unsaturated/α-hetero) is 1. The van der Waals surface area contributed by atoms with Gasteiger partial charge in [-0.1, -0.05) is 69.9 Å². The van der Waals surface area contributed by atoms with Gasteiger partial charge in [-0.15, -0.1) is 0 Å². The molecule has 1 aromatic carbocycles. The predicted molar refractivity (Wildman–Crippen MR) is 123 cm³/mol. The van der Waals surface area contributed by atoms with E-state index >= 15 is 0 Å². The molecule has 3 aliphatic rings. The van der Waals surface area contributed by atoms with E-state index in [9.17, 15) is 4.79 Å². The van der Waals surface area contributed by atoms with Crippen LogP contribution in [0.2, 0.25) is 0 Å². The lowest BCUT2D eigenvalue weighted by Crippen LogP contribution is -2.48. The maximum absolute atomic E-state index is 13.3. The smallest absolute Gasteiger partial charge is 0.145 e. The highest BCUT2D eigenvalue weighted by Gasteiger charge is 2.60. The fourth-order valence-electron chi connectivity index (χ4n) is 6.56. The lowest BCUT2D eigenvalue weighted by atomic mass is 9.69. The van der Waals surface area contributed by atoms with Gasteiger partial charge in [-0.2, -0.15) is 0 Å². The van der Waals surface area contributed by atoms with Gasteiger partial charge in [0, 0.05) is 35.3 Å². The number of carbonyl (C=O) groups is 1. The summed E-state index contributed by atoms with van der Waals surface area (Å²) >= 11 is 0. The molecule has 3 aliphatic carbocycles. The van der Waals surface area contributed by atoms with E-state index in [-0.39, 0.29) is 17.3 Å². The van der Waals surface area contributed by atoms with Crippen LogP contribution in [-0.2, 0) is 11.3 Å². The van der Waals surface area contributed by atoms with Crippen molar-refractivity contribution in [2.75, 3.05) is 0 Å². The molecule has 3 heteroatoms. The maximum atomic E-state index is 13.3. The first-order valence-corrected chi connectivity index (χ1v) is 12.4. The second-order valence-corrected chi connectivity index (χ2v) is 10.1. The van der Waals surface area contributed by atoms with E-state index in [1.54, 1.807) is 0 Å². The molecule has 3 nitrogen and oxygen atoms in total. The van der Waals surface area contributed by atoms with Crippen LogP contribution in [0.5, 0.6) is 0 Å². The molecule has 0 aromatic heterocycles. The third-order valence-corrected chi connectivity index (χ3v) is 8.24. The second kappa shape index (κ2) is 8.77. The molecule has 0 aliphatic heterocycles. The summed E-state index contributed by atoms with van der Waals surface area (Å²) in [6.07, 6.45) is 10.7. The van der Waals surface area contributed by atoms with E-state index in [1.807, 2.05) is 0 Å². The molecule has 0 amide bonds. The number of ketones is 1. The number of hydrogen-bond donors (Lipinski definition) is 1. The Morgan fingerprint density at radius 1 is 1.10 bits per heavy atom. The molecule has 2 N–H and O–H groups in total. The van der Waals surface area contributed by atoms with Gasteiger partial charge in [-0.25, -0.2) is 0 Å². The number of nitrogens with zero attached hydrogens (tertiary/aromatic N) is 1. The number of allylic oxidation sites excluding steroid dienone is 2. The Labute approximate surface area is 183 Å². The molecule has 30 heavy (non-hydrogen) atoms. The number of rotatable bonds is 8. The standard InChI is InChI=1S/C27H40N2O/c1-4-22-24(28)26(27(15-16-27)23(5-2)25(22)30)29(18-21-13-7-6-8-14-21)19(3)17-20-11-9-10-12-20/h6-8,13-14,19-20,22-23H,4-5,9-12,15-18,28H2,1-3H3. The lowest BCUT2D eigenvalue weighted by Gasteiger charge is -2.46. The van der Waals surface area contributed by atoms with Gasteiger partial charge < -0.3 is 10.6 Å². The zero-order valence-corrected chi connectivity index (χ0v) is 19.2. The van der Waals surface area contributed by atoms with Crippen molar-refractivity contribution in [3.8, 4) is 0 Å². The Morgan fingerprint density at radius 3 is 2.33 bits per heavy atom. The van der Waals surface area contributed by atoms with E-state index in [2.05, 4.69) is 56.0 Å². The molecule has 2 saturated carbocycles. The molecule has 3 unspecified atom stereocenters. The van der Waals surface area contributed by atoms with Gasteiger partial charge in [0.05, 0.1) is 5.92 Å². The van der Waals surface area contributed by atoms with Gasteiger partial charge in [0.15, 0.2) is 0 Å². The van der Waals surface area contributed by atoms with Crippen molar-refractivity contribution in [1.29, 1.82) is 0 Å². The Kier molecular flexibility index (Phi) is 6.27. The summed E-state index contributed by atoms with van der Waals surface area (Å²) in [5.74, 6) is 1.28. The molecule has 164 valence electrons. The van der Waals surface area contributed by atoms with Crippen molar-refractivity contribution in [3.63, 3.8) is 0 Å². The molecule has 0 radical (unpaired) electrons. The monoisotopic (exact) mass is 408 g/mol. The van der Waals surface area contributed by atoms with Gasteiger partial charge in [0.25, 0.3) is 0 Å². The summed E-state index contributed by atoms with van der Waals surface area (Å²) < 4.78 is 0. The minimum Gasteiger partial charge on any atom is -0.400 e. The SMILES string of the molecule is CCC1C(=O)C(CC)C2(CC2)C(N(Cc2ccccc2)C(C)CC2CCCC2)=C1N. The van der Waals surface area contributed by atoms with Crippen LogP contribution in [0.15, 0.2) is 41.7 Å². The summed E-state index contributed by atoms with van der Waals surface area (Å²) in [6.45, 7) is 7.61. The fraction of sp³-hybridized carbons (Fsp3) is 0.667. The first-order valence-electron chi connectivity index (χ1n) is 12.4. The number of hydrogen-bond acceptors (Lipinski definition) is 3. The highest BCUT2D eigenvalue weighted by Crippen LogP contribution is 2.63. The zero-order chi connectivity index (χ0) is 21.3. The van der Waals surface area contributed by atoms with Crippen molar-refractivity contribution in [2.24, 2.45) is 28.9 Å². The normalized spacial score (nSPS) is 27.0. The molecule has 3 atom stereocenters. The minimum atomic E-state index is -0.104. The number of nitrogens with two attached hydrogens (primary N) is 1. The van der Waals surface area contributed by atoms with Crippen molar-refractivity contribution < 1.29 is 4.79 Å². The molecule has 0 saturated heterocycles. The zero-order valence-electron chi connectivity index (χ0n) is 19.2. The third kappa shape index (κ3) is 3.81. The van der Waals surface area contributed by atoms with Gasteiger partial charge in [0.2, 0.25) is 0 Å². The van der Waals surface area contributed by atoms with E-state index in [0.717, 1.165) is 43.8 Å². The summed E-state index contributed by atoms with van der Waals surface area (Å²) in [7, 11) is 0. The topological polar surface area (TPSA) is 46.3 Å². The van der Waals surface area contributed by atoms with Gasteiger partial charge in [0.1, 0.15) is 5.78 Å². The summed E-state index contributed by atoms with van der Waals surface area (Å²) in [6, 6.07) is 11.3. The molecule has 1 spiro atoms. The molecule has 4 rings (SSSR count). The molecule has 1 aromatic rings. The first-order chi connectivity index (χ1) is 14.5. The molecule has 0 heterocycles. The summed E-state index contributed by atoms with van der Waals surface area (Å²) in [5.41, 5.74) is 10.4. The highest BCUT2D eigenvalue weighted by molar-refractivity contribution is 5.89. The average molecular weight is 409 g/mol. The van der Waals surface area contributed by atoms with Crippen LogP contribution in [0.1, 0.15) is 84.1 Å². The Bertz CT molecular complexity index is 773. The number of carbonyl (C=O) groups excluding carboxylic acids is 1. The van der Waals surface area contributed by atoms with Crippen molar-refractivity contribution in [2.45, 2.75) is 91.1 Å². The van der Waals surface area contributed by atoms with E-state index in [1.165, 1.54) is 43.4 Å². The highest BCUT2D eigenvalue weighted by atomic mass is 16.1. The van der Waals surface area contributed by atoms with Crippen molar-refractivity contribution in [3.05, 3.63) is 47.3 Å². The van der Waals surface area contributed by atoms with Crippen LogP contribution in [0.25, 0.3) is 0 Å². The van der Waals surface area contributed by atoms with Crippen LogP contribution < -0.4 is 5.73 Å². The van der Waals surface area contributed by atoms with Crippen LogP contribution in [0, 0.1) is 23.2 Å². The van der Waals surface area contributed by atoms with Crippen molar-refractivity contribution in [1.82, 2.24) is 4.90 Å². The quantitative estimate of drug-likeness (QED) is 0.570. The lowest BCUT2D eigenvalue weighted by molar-refractivity contribution is -0.129. The first kappa shape index (κ1) is 21.5. The third-order valence-electron chi connectivity index (χ3n) is 8.24. The molecular formula is C27H40N2O. The van der Waals surface area contributed by atoms with Gasteiger partial charge in [-0.3, -0.25) is 4.79 Å². The van der Waals surface area contributed by atoms with E-state index in [4.69, 9.17) is 5.73 Å². The summed E-state index contributed by atoms with van der Waals surface area (Å²) in [5, 5.41) is 0. The van der Waals surface area contributed by atoms with Crippen molar-refractivity contribution >= 4 is 5.78 Å². The largest absolute Gasteiger partial charge is 0.400 e. The average Bonchev–Trinajstić information content (AvgIpc) is 3.33. The van der Waals surface area contributed by atoms with Crippen LogP contribution in [-0.4, -0.2) is 16.7 Å². The Hall–Kier alpha value is -1.77. The van der Waals surface area contributed by atoms with Gasteiger partial charge >= 0.3 is 0 Å². The second-order valence-electron chi connectivity index (χ2n) is 10.1. The fourth-order valence-corrected chi connectivity index (χ4v) is 6.56. The Balaban J connectivity index is 1.73. The minimum absolute atomic E-state index is 0.000301. The van der Waals surface area contributed by atoms with E-state index < -0.39 is 0 Å². The predicted octanol–water partition coefficient (Wildman–Crippen LogP) is 6.04. The van der Waals surface area contributed by atoms with E-state index in [0.29, 0.717) is 11.8 Å². The van der Waals surface area contributed by atoms with Crippen LogP contribution in [0.4, 0.5) is 0 Å². The summed E-state index contributed by atoms with van der Waals surface area (Å²) in [4.78, 5) is 15.9. The maximum Gasteiger partial charge on any atom is 0.145 e.